The monoisotopic (exact) mass is 397 g/mol. The Balaban J connectivity index is 2.16. The maximum atomic E-state index is 13.5. The van der Waals surface area contributed by atoms with E-state index in [1.807, 2.05) is 24.3 Å². The van der Waals surface area contributed by atoms with Crippen LogP contribution < -0.4 is 5.32 Å². The van der Waals surface area contributed by atoms with Gasteiger partial charge in [0.15, 0.2) is 5.82 Å². The number of imidazole rings is 1. The van der Waals surface area contributed by atoms with Crippen LogP contribution in [-0.4, -0.2) is 26.7 Å². The average Bonchev–Trinajstić information content (AvgIpc) is 2.99. The second kappa shape index (κ2) is 7.58. The van der Waals surface area contributed by atoms with Crippen molar-refractivity contribution >= 4 is 5.91 Å². The van der Waals surface area contributed by atoms with E-state index in [-0.39, 0.29) is 5.41 Å². The second-order valence-electron chi connectivity index (χ2n) is 8.06. The number of carbonyl (C=O) groups excluding carboxylic acids is 1. The quantitative estimate of drug-likeness (QED) is 0.808. The fourth-order valence-corrected chi connectivity index (χ4v) is 2.95. The van der Waals surface area contributed by atoms with Crippen LogP contribution in [-0.2, 0) is 22.9 Å². The molecular weight excluding hydrogens is 371 g/mol. The van der Waals surface area contributed by atoms with Crippen LogP contribution in [0.3, 0.4) is 0 Å². The van der Waals surface area contributed by atoms with Crippen LogP contribution in [0.15, 0.2) is 36.7 Å². The number of nitrogens with zero attached hydrogens (tertiary/aromatic N) is 2. The molecule has 0 radical (unpaired) electrons. The van der Waals surface area contributed by atoms with Gasteiger partial charge in [0.2, 0.25) is 11.5 Å². The smallest absolute Gasteiger partial charge is 0.374 e. The van der Waals surface area contributed by atoms with E-state index < -0.39 is 36.0 Å². The number of hydrogen-bond acceptors (Lipinski definition) is 3. The average molecular weight is 397 g/mol. The van der Waals surface area contributed by atoms with Gasteiger partial charge < -0.3 is 15.0 Å². The summed E-state index contributed by atoms with van der Waals surface area (Å²) in [4.78, 5) is 15.9. The number of nitrogens with one attached hydrogen (secondary N) is 1. The Morgan fingerprint density at radius 1 is 1.21 bits per heavy atom. The van der Waals surface area contributed by atoms with E-state index in [0.29, 0.717) is 0 Å². The van der Waals surface area contributed by atoms with Gasteiger partial charge in [-0.1, -0.05) is 45.0 Å². The number of aliphatic hydroxyl groups is 1. The summed E-state index contributed by atoms with van der Waals surface area (Å²) in [6, 6.07) is 7.01. The minimum Gasteiger partial charge on any atom is -0.374 e. The van der Waals surface area contributed by atoms with E-state index in [1.54, 1.807) is 6.92 Å². The molecule has 0 spiro atoms. The molecule has 2 unspecified atom stereocenters. The molecule has 0 saturated heterocycles. The number of benzene rings is 1. The lowest BCUT2D eigenvalue weighted by atomic mass is 9.86. The number of alkyl halides is 3. The molecule has 2 aromatic rings. The first-order valence-electron chi connectivity index (χ1n) is 8.92. The summed E-state index contributed by atoms with van der Waals surface area (Å²) in [6.45, 7) is 7.89. The van der Waals surface area contributed by atoms with Crippen molar-refractivity contribution in [2.75, 3.05) is 0 Å². The first-order valence-corrected chi connectivity index (χ1v) is 8.92. The van der Waals surface area contributed by atoms with Gasteiger partial charge in [0.05, 0.1) is 12.5 Å². The highest BCUT2D eigenvalue weighted by atomic mass is 19.4. The zero-order valence-electron chi connectivity index (χ0n) is 16.6. The van der Waals surface area contributed by atoms with E-state index in [0.717, 1.165) is 21.9 Å². The van der Waals surface area contributed by atoms with Crippen LogP contribution in [0, 0.1) is 0 Å². The molecule has 0 fully saturated rings. The highest BCUT2D eigenvalue weighted by Crippen LogP contribution is 2.40. The molecule has 2 rings (SSSR count). The van der Waals surface area contributed by atoms with Gasteiger partial charge in [-0.15, -0.1) is 0 Å². The predicted octanol–water partition coefficient (Wildman–Crippen LogP) is 3.74. The summed E-state index contributed by atoms with van der Waals surface area (Å²) in [5, 5.41) is 12.8. The summed E-state index contributed by atoms with van der Waals surface area (Å²) in [5.41, 5.74) is -1.54. The van der Waals surface area contributed by atoms with Crippen molar-refractivity contribution in [3.63, 3.8) is 0 Å². The Kier molecular flexibility index (Phi) is 5.94. The molecule has 0 aliphatic heterocycles. The topological polar surface area (TPSA) is 67.2 Å². The van der Waals surface area contributed by atoms with Gasteiger partial charge in [0, 0.05) is 19.4 Å². The minimum atomic E-state index is -5.05. The highest BCUT2D eigenvalue weighted by Gasteiger charge is 2.58. The summed E-state index contributed by atoms with van der Waals surface area (Å²) in [6.07, 6.45) is -3.81. The molecule has 0 aliphatic carbocycles. The highest BCUT2D eigenvalue weighted by molar-refractivity contribution is 5.77. The van der Waals surface area contributed by atoms with Crippen molar-refractivity contribution in [2.45, 2.75) is 57.3 Å². The van der Waals surface area contributed by atoms with E-state index in [4.69, 9.17) is 0 Å². The number of carbonyl (C=O) groups is 1. The fraction of sp³-hybridized carbons (Fsp3) is 0.500. The number of hydrogen-bond donors (Lipinski definition) is 2. The van der Waals surface area contributed by atoms with Gasteiger partial charge in [-0.25, -0.2) is 4.98 Å². The molecule has 2 atom stereocenters. The van der Waals surface area contributed by atoms with Gasteiger partial charge in [-0.2, -0.15) is 13.2 Å². The van der Waals surface area contributed by atoms with Gasteiger partial charge in [0.1, 0.15) is 0 Å². The van der Waals surface area contributed by atoms with Crippen molar-refractivity contribution in [1.82, 2.24) is 14.9 Å². The molecule has 154 valence electrons. The molecule has 1 amide bonds. The van der Waals surface area contributed by atoms with Gasteiger partial charge in [-0.05, 0) is 23.5 Å². The zero-order valence-corrected chi connectivity index (χ0v) is 16.6. The molecule has 0 aliphatic rings. The third-order valence-corrected chi connectivity index (χ3v) is 4.73. The third kappa shape index (κ3) is 4.55. The molecule has 8 heteroatoms. The number of aromatic nitrogens is 2. The molecule has 5 nitrogen and oxygen atoms in total. The zero-order chi connectivity index (χ0) is 21.3. The first kappa shape index (κ1) is 21.9. The van der Waals surface area contributed by atoms with Crippen molar-refractivity contribution < 1.29 is 23.1 Å². The van der Waals surface area contributed by atoms with Crippen molar-refractivity contribution in [3.05, 3.63) is 53.6 Å². The SMILES string of the molecule is CC(NC(=O)CC(O)(c1nccn1C)C(F)(F)F)c1ccc(C(C)(C)C)cc1. The largest absolute Gasteiger partial charge is 0.425 e. The Morgan fingerprint density at radius 3 is 2.21 bits per heavy atom. The van der Waals surface area contributed by atoms with Crippen LogP contribution >= 0.6 is 0 Å². The van der Waals surface area contributed by atoms with Crippen LogP contribution in [0.1, 0.15) is 57.1 Å². The molecule has 1 heterocycles. The fourth-order valence-electron chi connectivity index (χ4n) is 2.95. The molecule has 1 aromatic heterocycles. The Hall–Kier alpha value is -2.35. The van der Waals surface area contributed by atoms with E-state index in [9.17, 15) is 23.1 Å². The van der Waals surface area contributed by atoms with Crippen LogP contribution in [0.4, 0.5) is 13.2 Å². The van der Waals surface area contributed by atoms with Crippen LogP contribution in [0.25, 0.3) is 0 Å². The van der Waals surface area contributed by atoms with E-state index >= 15 is 0 Å². The number of aryl methyl sites for hydroxylation is 1. The van der Waals surface area contributed by atoms with Crippen molar-refractivity contribution in [2.24, 2.45) is 7.05 Å². The number of rotatable bonds is 5. The van der Waals surface area contributed by atoms with Crippen molar-refractivity contribution in [1.29, 1.82) is 0 Å². The molecular formula is C20H26F3N3O2. The Bertz CT molecular complexity index is 822. The van der Waals surface area contributed by atoms with Gasteiger partial charge >= 0.3 is 6.18 Å². The third-order valence-electron chi connectivity index (χ3n) is 4.73. The molecule has 0 bridgehead atoms. The van der Waals surface area contributed by atoms with Crippen LogP contribution in [0.2, 0.25) is 0 Å². The molecule has 1 aromatic carbocycles. The maximum absolute atomic E-state index is 13.5. The lowest BCUT2D eigenvalue weighted by Gasteiger charge is -2.30. The lowest BCUT2D eigenvalue weighted by molar-refractivity contribution is -0.271. The number of halogens is 3. The molecule has 0 saturated carbocycles. The number of amides is 1. The predicted molar refractivity (Wildman–Crippen MR) is 99.5 cm³/mol. The Labute approximate surface area is 162 Å². The van der Waals surface area contributed by atoms with Gasteiger partial charge in [0.25, 0.3) is 0 Å². The summed E-state index contributed by atoms with van der Waals surface area (Å²) in [7, 11) is 1.33. The van der Waals surface area contributed by atoms with E-state index in [1.165, 1.54) is 13.2 Å². The molecule has 28 heavy (non-hydrogen) atoms. The summed E-state index contributed by atoms with van der Waals surface area (Å²) >= 11 is 0. The van der Waals surface area contributed by atoms with Gasteiger partial charge in [-0.3, -0.25) is 4.79 Å². The normalized spacial score (nSPS) is 15.8. The lowest BCUT2D eigenvalue weighted by Crippen LogP contribution is -2.48. The Morgan fingerprint density at radius 2 is 1.79 bits per heavy atom. The summed E-state index contributed by atoms with van der Waals surface area (Å²) in [5.74, 6) is -1.55. The van der Waals surface area contributed by atoms with Crippen LogP contribution in [0.5, 0.6) is 0 Å². The maximum Gasteiger partial charge on any atom is 0.425 e. The standard InChI is InChI=1S/C20H26F3N3O2/c1-13(14-6-8-15(9-7-14)18(2,3)4)25-16(27)12-19(28,20(21,22)23)17-24-10-11-26(17)5/h6-11,13,28H,12H2,1-5H3,(H,25,27). The second-order valence-corrected chi connectivity index (χ2v) is 8.06. The first-order chi connectivity index (χ1) is 12.8. The summed E-state index contributed by atoms with van der Waals surface area (Å²) < 4.78 is 41.7. The molecule has 2 N–H and O–H groups in total. The minimum absolute atomic E-state index is 0.0315. The van der Waals surface area contributed by atoms with E-state index in [2.05, 4.69) is 31.1 Å². The van der Waals surface area contributed by atoms with Crippen molar-refractivity contribution in [3.8, 4) is 0 Å².